The van der Waals surface area contributed by atoms with E-state index in [-0.39, 0.29) is 12.5 Å². The quantitative estimate of drug-likeness (QED) is 0.780. The first-order valence-corrected chi connectivity index (χ1v) is 6.71. The highest BCUT2D eigenvalue weighted by atomic mass is 16.3. The third-order valence-corrected chi connectivity index (χ3v) is 3.81. The molecular weight excluding hydrogens is 240 g/mol. The molecule has 0 saturated carbocycles. The fraction of sp³-hybridized carbons (Fsp3) is 0.533. The molecule has 0 radical (unpaired) electrons. The number of aliphatic hydroxyl groups excluding tert-OH is 1. The Hall–Kier alpha value is -1.39. The van der Waals surface area contributed by atoms with Gasteiger partial charge in [0, 0.05) is 19.3 Å². The molecule has 0 spiro atoms. The van der Waals surface area contributed by atoms with Gasteiger partial charge in [0.2, 0.25) is 5.91 Å². The maximum absolute atomic E-state index is 12.2. The highest BCUT2D eigenvalue weighted by molar-refractivity contribution is 6.07. The van der Waals surface area contributed by atoms with Crippen LogP contribution in [-0.2, 0) is 16.6 Å². The molecule has 1 aromatic carbocycles. The Labute approximate surface area is 114 Å². The summed E-state index contributed by atoms with van der Waals surface area (Å²) in [4.78, 5) is 13.9. The topological polar surface area (TPSA) is 52.6 Å². The van der Waals surface area contributed by atoms with Gasteiger partial charge in [0.05, 0.1) is 12.0 Å². The zero-order chi connectivity index (χ0) is 14.0. The summed E-state index contributed by atoms with van der Waals surface area (Å²) in [5.74, 6) is 0.151. The van der Waals surface area contributed by atoms with Gasteiger partial charge in [0.1, 0.15) is 0 Å². The monoisotopic (exact) mass is 262 g/mol. The Morgan fingerprint density at radius 2 is 2.05 bits per heavy atom. The van der Waals surface area contributed by atoms with E-state index in [1.54, 1.807) is 4.90 Å². The number of amides is 1. The molecule has 4 nitrogen and oxygen atoms in total. The fourth-order valence-corrected chi connectivity index (χ4v) is 2.61. The van der Waals surface area contributed by atoms with Crippen molar-refractivity contribution in [3.63, 3.8) is 0 Å². The molecule has 1 aliphatic heterocycles. The van der Waals surface area contributed by atoms with E-state index in [0.717, 1.165) is 24.2 Å². The highest BCUT2D eigenvalue weighted by Crippen LogP contribution is 2.40. The number of hydrogen-bond donors (Lipinski definition) is 2. The van der Waals surface area contributed by atoms with E-state index in [4.69, 9.17) is 5.11 Å². The van der Waals surface area contributed by atoms with Crippen LogP contribution in [0.1, 0.15) is 25.0 Å². The lowest BCUT2D eigenvalue weighted by molar-refractivity contribution is -0.121. The Balaban J connectivity index is 2.16. The minimum absolute atomic E-state index is 0.151. The number of aliphatic hydroxyl groups is 1. The molecule has 19 heavy (non-hydrogen) atoms. The van der Waals surface area contributed by atoms with E-state index >= 15 is 0 Å². The van der Waals surface area contributed by atoms with E-state index < -0.39 is 5.41 Å². The van der Waals surface area contributed by atoms with Gasteiger partial charge in [-0.05, 0) is 44.0 Å². The molecule has 0 saturated heterocycles. The van der Waals surface area contributed by atoms with Crippen molar-refractivity contribution in [2.75, 3.05) is 31.6 Å². The van der Waals surface area contributed by atoms with Crippen molar-refractivity contribution in [1.82, 2.24) is 5.32 Å². The molecule has 1 amide bonds. The lowest BCUT2D eigenvalue weighted by atomic mass is 9.85. The summed E-state index contributed by atoms with van der Waals surface area (Å²) in [7, 11) is 1.83. The molecule has 4 heteroatoms. The van der Waals surface area contributed by atoms with Gasteiger partial charge < -0.3 is 15.3 Å². The maximum Gasteiger partial charge on any atom is 0.236 e. The van der Waals surface area contributed by atoms with Gasteiger partial charge in [0.15, 0.2) is 0 Å². The van der Waals surface area contributed by atoms with Crippen LogP contribution in [-0.4, -0.2) is 37.8 Å². The molecule has 1 aliphatic rings. The SMILES string of the molecule is CN1C(=O)C(C)(C)c2cc(CCNCCO)ccc21. The second-order valence-electron chi connectivity index (χ2n) is 5.56. The Morgan fingerprint density at radius 1 is 1.32 bits per heavy atom. The summed E-state index contributed by atoms with van der Waals surface area (Å²) >= 11 is 0. The van der Waals surface area contributed by atoms with Crippen LogP contribution in [0.4, 0.5) is 5.69 Å². The summed E-state index contributed by atoms with van der Waals surface area (Å²) in [6, 6.07) is 6.24. The average molecular weight is 262 g/mol. The fourth-order valence-electron chi connectivity index (χ4n) is 2.61. The second-order valence-corrected chi connectivity index (χ2v) is 5.56. The second kappa shape index (κ2) is 5.31. The molecule has 2 rings (SSSR count). The summed E-state index contributed by atoms with van der Waals surface area (Å²) in [5, 5.41) is 11.9. The molecule has 2 N–H and O–H groups in total. The zero-order valence-electron chi connectivity index (χ0n) is 11.9. The van der Waals surface area contributed by atoms with Crippen LogP contribution in [0.5, 0.6) is 0 Å². The Morgan fingerprint density at radius 3 is 2.74 bits per heavy atom. The van der Waals surface area contributed by atoms with Gasteiger partial charge in [-0.2, -0.15) is 0 Å². The van der Waals surface area contributed by atoms with Gasteiger partial charge in [-0.15, -0.1) is 0 Å². The zero-order valence-corrected chi connectivity index (χ0v) is 11.9. The van der Waals surface area contributed by atoms with Gasteiger partial charge in [-0.1, -0.05) is 12.1 Å². The molecule has 104 valence electrons. The smallest absolute Gasteiger partial charge is 0.236 e. The predicted octanol–water partition coefficient (Wildman–Crippen LogP) is 1.06. The van der Waals surface area contributed by atoms with E-state index in [2.05, 4.69) is 17.4 Å². The number of benzene rings is 1. The van der Waals surface area contributed by atoms with Crippen molar-refractivity contribution in [2.24, 2.45) is 0 Å². The van der Waals surface area contributed by atoms with Crippen molar-refractivity contribution in [1.29, 1.82) is 0 Å². The molecule has 0 fully saturated rings. The molecule has 1 aromatic rings. The first-order chi connectivity index (χ1) is 8.98. The summed E-state index contributed by atoms with van der Waals surface area (Å²) < 4.78 is 0. The molecule has 0 unspecified atom stereocenters. The lowest BCUT2D eigenvalue weighted by Crippen LogP contribution is -2.33. The number of nitrogens with one attached hydrogen (secondary N) is 1. The molecule has 0 aliphatic carbocycles. The van der Waals surface area contributed by atoms with Crippen LogP contribution in [0.25, 0.3) is 0 Å². The molecule has 0 atom stereocenters. The van der Waals surface area contributed by atoms with Crippen LogP contribution in [0.15, 0.2) is 18.2 Å². The number of hydrogen-bond acceptors (Lipinski definition) is 3. The number of carbonyl (C=O) groups is 1. The summed E-state index contributed by atoms with van der Waals surface area (Å²) in [6.07, 6.45) is 0.904. The lowest BCUT2D eigenvalue weighted by Gasteiger charge is -2.16. The number of fused-ring (bicyclic) bond motifs is 1. The van der Waals surface area contributed by atoms with Gasteiger partial charge in [-0.3, -0.25) is 4.79 Å². The van der Waals surface area contributed by atoms with E-state index in [9.17, 15) is 4.79 Å². The van der Waals surface area contributed by atoms with Crippen LogP contribution < -0.4 is 10.2 Å². The first kappa shape index (κ1) is 14.0. The number of likely N-dealkylation sites (N-methyl/N-ethyl adjacent to an activating group) is 1. The van der Waals surface area contributed by atoms with Crippen molar-refractivity contribution in [3.8, 4) is 0 Å². The van der Waals surface area contributed by atoms with E-state index in [1.165, 1.54) is 5.56 Å². The normalized spacial score (nSPS) is 16.8. The minimum atomic E-state index is -0.432. The van der Waals surface area contributed by atoms with Crippen LogP contribution >= 0.6 is 0 Å². The average Bonchev–Trinajstić information content (AvgIpc) is 2.57. The van der Waals surface area contributed by atoms with Gasteiger partial charge in [0.25, 0.3) is 0 Å². The Kier molecular flexibility index (Phi) is 3.92. The van der Waals surface area contributed by atoms with Crippen molar-refractivity contribution in [2.45, 2.75) is 25.7 Å². The molecule has 0 bridgehead atoms. The number of carbonyl (C=O) groups excluding carboxylic acids is 1. The molecule has 0 aromatic heterocycles. The third-order valence-electron chi connectivity index (χ3n) is 3.81. The van der Waals surface area contributed by atoms with Crippen LogP contribution in [0, 0.1) is 0 Å². The first-order valence-electron chi connectivity index (χ1n) is 6.71. The van der Waals surface area contributed by atoms with Gasteiger partial charge in [-0.25, -0.2) is 0 Å². The van der Waals surface area contributed by atoms with E-state index in [0.29, 0.717) is 6.54 Å². The standard InChI is InChI=1S/C15H22N2O2/c1-15(2)12-10-11(6-7-16-8-9-18)4-5-13(12)17(3)14(15)19/h4-5,10,16,18H,6-9H2,1-3H3. The number of rotatable bonds is 5. The van der Waals surface area contributed by atoms with Gasteiger partial charge >= 0.3 is 0 Å². The molecule has 1 heterocycles. The van der Waals surface area contributed by atoms with Crippen LogP contribution in [0.2, 0.25) is 0 Å². The van der Waals surface area contributed by atoms with Crippen molar-refractivity contribution >= 4 is 11.6 Å². The summed E-state index contributed by atoms with van der Waals surface area (Å²) in [6.45, 7) is 5.58. The highest BCUT2D eigenvalue weighted by Gasteiger charge is 2.42. The number of nitrogens with zero attached hydrogens (tertiary/aromatic N) is 1. The minimum Gasteiger partial charge on any atom is -0.395 e. The Bertz CT molecular complexity index is 483. The largest absolute Gasteiger partial charge is 0.395 e. The number of anilines is 1. The van der Waals surface area contributed by atoms with Crippen molar-refractivity contribution in [3.05, 3.63) is 29.3 Å². The maximum atomic E-state index is 12.2. The predicted molar refractivity (Wildman–Crippen MR) is 76.5 cm³/mol. The summed E-state index contributed by atoms with van der Waals surface area (Å²) in [5.41, 5.74) is 2.92. The van der Waals surface area contributed by atoms with Crippen molar-refractivity contribution < 1.29 is 9.90 Å². The van der Waals surface area contributed by atoms with Crippen LogP contribution in [0.3, 0.4) is 0 Å². The molecular formula is C15H22N2O2. The third kappa shape index (κ3) is 2.51. The van der Waals surface area contributed by atoms with E-state index in [1.807, 2.05) is 27.0 Å².